The molecule has 0 bridgehead atoms. The molecular weight excluding hydrogens is 107 g/mol. The third-order valence-electron chi connectivity index (χ3n) is 0.167. The molecule has 0 rings (SSSR count). The van der Waals surface area contributed by atoms with Crippen molar-refractivity contribution in [3.8, 4) is 0 Å². The standard InChI is InChI=1S/C3H6O.K.H2O.H/c1-2-3-4;;;/h3H,2H2,1H3;;1H2;. The van der Waals surface area contributed by atoms with E-state index in [1.165, 1.54) is 0 Å². The predicted molar refractivity (Wildman–Crippen MR) is 27.1 cm³/mol. The molecule has 0 fully saturated rings. The van der Waals surface area contributed by atoms with Crippen molar-refractivity contribution in [2.45, 2.75) is 13.3 Å². The van der Waals surface area contributed by atoms with Gasteiger partial charge in [0.15, 0.2) is 0 Å². The van der Waals surface area contributed by atoms with Crippen LogP contribution in [0.4, 0.5) is 0 Å². The zero-order valence-electron chi connectivity index (χ0n) is 3.19. The van der Waals surface area contributed by atoms with E-state index in [2.05, 4.69) is 0 Å². The van der Waals surface area contributed by atoms with Crippen molar-refractivity contribution >= 4 is 57.7 Å². The van der Waals surface area contributed by atoms with Gasteiger partial charge in [0.2, 0.25) is 0 Å². The molecule has 0 atom stereocenters. The average molecular weight is 116 g/mol. The van der Waals surface area contributed by atoms with E-state index in [1.54, 1.807) is 0 Å². The molecular formula is C3H9KO2. The van der Waals surface area contributed by atoms with Gasteiger partial charge in [0.25, 0.3) is 0 Å². The molecule has 0 aliphatic rings. The van der Waals surface area contributed by atoms with E-state index in [0.29, 0.717) is 6.42 Å². The molecule has 6 heavy (non-hydrogen) atoms. The van der Waals surface area contributed by atoms with E-state index < -0.39 is 0 Å². The summed E-state index contributed by atoms with van der Waals surface area (Å²) in [5.74, 6) is 0. The molecule has 0 aliphatic heterocycles. The molecule has 0 saturated heterocycles. The van der Waals surface area contributed by atoms with Crippen LogP contribution in [-0.4, -0.2) is 63.1 Å². The van der Waals surface area contributed by atoms with Gasteiger partial charge in [-0.15, -0.1) is 0 Å². The van der Waals surface area contributed by atoms with E-state index in [0.717, 1.165) is 6.29 Å². The summed E-state index contributed by atoms with van der Waals surface area (Å²) in [5.41, 5.74) is 0. The normalized spacial score (nSPS) is 4.17. The summed E-state index contributed by atoms with van der Waals surface area (Å²) >= 11 is 0. The van der Waals surface area contributed by atoms with Crippen LogP contribution in [0, 0.1) is 0 Å². The molecule has 0 aromatic heterocycles. The minimum absolute atomic E-state index is 0. The zero-order chi connectivity index (χ0) is 3.41. The van der Waals surface area contributed by atoms with Gasteiger partial charge in [-0.2, -0.15) is 0 Å². The number of rotatable bonds is 1. The molecule has 34 valence electrons. The Morgan fingerprint density at radius 3 is 1.83 bits per heavy atom. The first-order valence-electron chi connectivity index (χ1n) is 1.35. The molecule has 0 spiro atoms. The van der Waals surface area contributed by atoms with Crippen LogP contribution in [0.25, 0.3) is 0 Å². The fraction of sp³-hybridized carbons (Fsp3) is 0.667. The van der Waals surface area contributed by atoms with Crippen molar-refractivity contribution in [2.24, 2.45) is 0 Å². The summed E-state index contributed by atoms with van der Waals surface area (Å²) in [7, 11) is 0. The van der Waals surface area contributed by atoms with Crippen molar-refractivity contribution < 1.29 is 10.3 Å². The second-order valence-electron chi connectivity index (χ2n) is 0.575. The van der Waals surface area contributed by atoms with E-state index >= 15 is 0 Å². The Balaban J connectivity index is -0.0000000450. The molecule has 2 N–H and O–H groups in total. The van der Waals surface area contributed by atoms with Crippen LogP contribution in [0.2, 0.25) is 0 Å². The number of carbonyl (C=O) groups is 1. The Hall–Kier alpha value is 1.27. The van der Waals surface area contributed by atoms with Crippen LogP contribution in [0.1, 0.15) is 13.3 Å². The summed E-state index contributed by atoms with van der Waals surface area (Å²) in [6, 6.07) is 0. The van der Waals surface area contributed by atoms with Gasteiger partial charge in [-0.25, -0.2) is 0 Å². The number of hydrogen-bond acceptors (Lipinski definition) is 1. The Morgan fingerprint density at radius 1 is 1.67 bits per heavy atom. The second kappa shape index (κ2) is 16.3. The van der Waals surface area contributed by atoms with E-state index in [9.17, 15) is 4.79 Å². The van der Waals surface area contributed by atoms with E-state index in [4.69, 9.17) is 0 Å². The number of aldehydes is 1. The van der Waals surface area contributed by atoms with Crippen LogP contribution >= 0.6 is 0 Å². The summed E-state index contributed by atoms with van der Waals surface area (Å²) in [6.45, 7) is 1.81. The quantitative estimate of drug-likeness (QED) is 0.324. The first-order chi connectivity index (χ1) is 1.91. The molecule has 0 aromatic rings. The van der Waals surface area contributed by atoms with Gasteiger partial charge in [0.05, 0.1) is 0 Å². The Labute approximate surface area is 80.0 Å². The topological polar surface area (TPSA) is 48.6 Å². The molecule has 0 aromatic carbocycles. The average Bonchev–Trinajstić information content (AvgIpc) is 1.37. The minimum atomic E-state index is 0. The second-order valence-corrected chi connectivity index (χ2v) is 0.575. The fourth-order valence-corrected chi connectivity index (χ4v) is 0. The van der Waals surface area contributed by atoms with Gasteiger partial charge in [0.1, 0.15) is 6.29 Å². The van der Waals surface area contributed by atoms with Crippen LogP contribution in [0.15, 0.2) is 0 Å². The van der Waals surface area contributed by atoms with Gasteiger partial charge in [0, 0.05) is 6.42 Å². The Bertz CT molecular complexity index is 22.8. The van der Waals surface area contributed by atoms with Crippen molar-refractivity contribution in [2.75, 3.05) is 0 Å². The van der Waals surface area contributed by atoms with Crippen molar-refractivity contribution in [3.05, 3.63) is 0 Å². The zero-order valence-corrected chi connectivity index (χ0v) is 3.19. The van der Waals surface area contributed by atoms with Crippen LogP contribution < -0.4 is 0 Å². The molecule has 0 amide bonds. The van der Waals surface area contributed by atoms with E-state index in [1.807, 2.05) is 6.92 Å². The monoisotopic (exact) mass is 116 g/mol. The first-order valence-corrected chi connectivity index (χ1v) is 1.35. The third-order valence-corrected chi connectivity index (χ3v) is 0.167. The summed E-state index contributed by atoms with van der Waals surface area (Å²) in [4.78, 5) is 9.17. The Kier molecular flexibility index (Phi) is 42.6. The molecule has 3 heteroatoms. The molecule has 0 radical (unpaired) electrons. The van der Waals surface area contributed by atoms with Crippen molar-refractivity contribution in [1.82, 2.24) is 0 Å². The van der Waals surface area contributed by atoms with Gasteiger partial charge < -0.3 is 10.3 Å². The number of hydrogen-bond donors (Lipinski definition) is 0. The fourth-order valence-electron chi connectivity index (χ4n) is 0. The van der Waals surface area contributed by atoms with Gasteiger partial charge in [-0.05, 0) is 0 Å². The van der Waals surface area contributed by atoms with Crippen molar-refractivity contribution in [3.63, 3.8) is 0 Å². The SMILES string of the molecule is CCC=O.O.[KH]. The third kappa shape index (κ3) is 18.7. The number of carbonyl (C=O) groups excluding carboxylic acids is 1. The summed E-state index contributed by atoms with van der Waals surface area (Å²) < 4.78 is 0. The molecule has 0 unspecified atom stereocenters. The molecule has 2 nitrogen and oxygen atoms in total. The van der Waals surface area contributed by atoms with Crippen molar-refractivity contribution in [1.29, 1.82) is 0 Å². The van der Waals surface area contributed by atoms with Gasteiger partial charge in [-0.3, -0.25) is 0 Å². The van der Waals surface area contributed by atoms with E-state index in [-0.39, 0.29) is 56.9 Å². The molecule has 0 aliphatic carbocycles. The maximum absolute atomic E-state index is 9.17. The van der Waals surface area contributed by atoms with Crippen LogP contribution in [-0.2, 0) is 4.79 Å². The van der Waals surface area contributed by atoms with Gasteiger partial charge in [-0.1, -0.05) is 6.92 Å². The molecule has 0 saturated carbocycles. The maximum atomic E-state index is 9.17. The van der Waals surface area contributed by atoms with Crippen LogP contribution in [0.5, 0.6) is 0 Å². The van der Waals surface area contributed by atoms with Crippen LogP contribution in [0.3, 0.4) is 0 Å². The Morgan fingerprint density at radius 2 is 1.83 bits per heavy atom. The summed E-state index contributed by atoms with van der Waals surface area (Å²) in [5, 5.41) is 0. The van der Waals surface area contributed by atoms with Gasteiger partial charge >= 0.3 is 51.4 Å². The predicted octanol–water partition coefficient (Wildman–Crippen LogP) is -0.878. The molecule has 0 heterocycles. The first kappa shape index (κ1) is 15.7. The summed E-state index contributed by atoms with van der Waals surface area (Å²) in [6.07, 6.45) is 1.51.